The van der Waals surface area contributed by atoms with E-state index in [1.54, 1.807) is 21.0 Å². The molecule has 0 aliphatic rings. The molecule has 0 aliphatic heterocycles. The van der Waals surface area contributed by atoms with Gasteiger partial charge < -0.3 is 15.2 Å². The zero-order chi connectivity index (χ0) is 12.2. The van der Waals surface area contributed by atoms with Crippen LogP contribution in [0.5, 0.6) is 5.75 Å². The molecule has 2 N–H and O–H groups in total. The zero-order valence-electron chi connectivity index (χ0n) is 10.5. The second-order valence-corrected chi connectivity index (χ2v) is 4.73. The number of benzene rings is 1. The van der Waals surface area contributed by atoms with Crippen molar-refractivity contribution in [1.29, 1.82) is 0 Å². The van der Waals surface area contributed by atoms with E-state index in [2.05, 4.69) is 18.3 Å². The molecule has 3 nitrogen and oxygen atoms in total. The van der Waals surface area contributed by atoms with Crippen molar-refractivity contribution >= 4 is 0 Å². The van der Waals surface area contributed by atoms with Gasteiger partial charge >= 0.3 is 0 Å². The van der Waals surface area contributed by atoms with Crippen molar-refractivity contribution in [3.05, 3.63) is 29.3 Å². The van der Waals surface area contributed by atoms with Crippen molar-refractivity contribution in [3.63, 3.8) is 0 Å². The lowest BCUT2D eigenvalue weighted by Crippen LogP contribution is -2.34. The van der Waals surface area contributed by atoms with Gasteiger partial charge in [-0.2, -0.15) is 0 Å². The Kier molecular flexibility index (Phi) is 4.33. The Labute approximate surface area is 97.4 Å². The Morgan fingerprint density at radius 1 is 1.38 bits per heavy atom. The molecule has 0 aromatic heterocycles. The summed E-state index contributed by atoms with van der Waals surface area (Å²) in [6.07, 6.45) is 0. The minimum Gasteiger partial charge on any atom is -0.496 e. The lowest BCUT2D eigenvalue weighted by Gasteiger charge is -2.18. The molecule has 90 valence electrons. The third-order valence-electron chi connectivity index (χ3n) is 2.31. The minimum absolute atomic E-state index is 0.560. The van der Waals surface area contributed by atoms with Gasteiger partial charge in [0.05, 0.1) is 12.7 Å². The van der Waals surface area contributed by atoms with E-state index in [4.69, 9.17) is 4.74 Å². The summed E-state index contributed by atoms with van der Waals surface area (Å²) in [5, 5.41) is 12.8. The van der Waals surface area contributed by atoms with E-state index in [-0.39, 0.29) is 0 Å². The molecule has 0 aliphatic carbocycles. The summed E-state index contributed by atoms with van der Waals surface area (Å²) in [6, 6.07) is 6.09. The molecule has 0 saturated heterocycles. The van der Waals surface area contributed by atoms with Crippen LogP contribution in [0.4, 0.5) is 0 Å². The highest BCUT2D eigenvalue weighted by Crippen LogP contribution is 2.19. The van der Waals surface area contributed by atoms with E-state index in [1.807, 2.05) is 12.1 Å². The summed E-state index contributed by atoms with van der Waals surface area (Å²) in [7, 11) is 1.67. The second kappa shape index (κ2) is 5.32. The maximum absolute atomic E-state index is 9.58. The van der Waals surface area contributed by atoms with E-state index >= 15 is 0 Å². The first-order valence-electron chi connectivity index (χ1n) is 5.49. The van der Waals surface area contributed by atoms with Crippen molar-refractivity contribution in [3.8, 4) is 5.75 Å². The van der Waals surface area contributed by atoms with Crippen LogP contribution in [0.15, 0.2) is 18.2 Å². The van der Waals surface area contributed by atoms with Gasteiger partial charge in [-0.1, -0.05) is 17.7 Å². The van der Waals surface area contributed by atoms with Gasteiger partial charge in [0.1, 0.15) is 5.75 Å². The van der Waals surface area contributed by atoms with Crippen LogP contribution in [0.1, 0.15) is 25.0 Å². The summed E-state index contributed by atoms with van der Waals surface area (Å²) in [5.74, 6) is 0.883. The molecule has 0 radical (unpaired) electrons. The van der Waals surface area contributed by atoms with Crippen molar-refractivity contribution < 1.29 is 9.84 Å². The SMILES string of the molecule is COc1ccc(C)cc1CNCC(C)(C)O. The molecule has 1 aromatic rings. The first-order valence-corrected chi connectivity index (χ1v) is 5.49. The topological polar surface area (TPSA) is 41.5 Å². The molecule has 0 saturated carbocycles. The fraction of sp³-hybridized carbons (Fsp3) is 0.538. The molecule has 0 spiro atoms. The van der Waals surface area contributed by atoms with Crippen LogP contribution in [-0.4, -0.2) is 24.4 Å². The van der Waals surface area contributed by atoms with Gasteiger partial charge in [0, 0.05) is 18.7 Å². The molecule has 0 heterocycles. The van der Waals surface area contributed by atoms with E-state index < -0.39 is 5.60 Å². The van der Waals surface area contributed by atoms with Crippen LogP contribution >= 0.6 is 0 Å². The van der Waals surface area contributed by atoms with Gasteiger partial charge in [0.15, 0.2) is 0 Å². The Hall–Kier alpha value is -1.06. The summed E-state index contributed by atoms with van der Waals surface area (Å²) < 4.78 is 5.28. The molecule has 3 heteroatoms. The highest BCUT2D eigenvalue weighted by Gasteiger charge is 2.11. The van der Waals surface area contributed by atoms with Crippen LogP contribution in [0.25, 0.3) is 0 Å². The summed E-state index contributed by atoms with van der Waals surface area (Å²) >= 11 is 0. The number of aliphatic hydroxyl groups is 1. The molecule has 0 fully saturated rings. The van der Waals surface area contributed by atoms with Gasteiger partial charge in [-0.15, -0.1) is 0 Å². The molecule has 0 unspecified atom stereocenters. The third-order valence-corrected chi connectivity index (χ3v) is 2.31. The fourth-order valence-corrected chi connectivity index (χ4v) is 1.55. The van der Waals surface area contributed by atoms with Gasteiger partial charge in [0.2, 0.25) is 0 Å². The van der Waals surface area contributed by atoms with E-state index in [1.165, 1.54) is 5.56 Å². The van der Waals surface area contributed by atoms with E-state index in [0.717, 1.165) is 11.3 Å². The molecular weight excluding hydrogens is 202 g/mol. The number of methoxy groups -OCH3 is 1. The number of nitrogens with one attached hydrogen (secondary N) is 1. The Bertz CT molecular complexity index is 342. The smallest absolute Gasteiger partial charge is 0.123 e. The van der Waals surface area contributed by atoms with Gasteiger partial charge in [-0.05, 0) is 26.8 Å². The maximum Gasteiger partial charge on any atom is 0.123 e. The summed E-state index contributed by atoms with van der Waals surface area (Å²) in [4.78, 5) is 0. The monoisotopic (exact) mass is 223 g/mol. The quantitative estimate of drug-likeness (QED) is 0.800. The average molecular weight is 223 g/mol. The van der Waals surface area contributed by atoms with Crippen molar-refractivity contribution in [2.45, 2.75) is 32.9 Å². The van der Waals surface area contributed by atoms with Crippen LogP contribution in [0.2, 0.25) is 0 Å². The minimum atomic E-state index is -0.683. The molecule has 1 rings (SSSR count). The highest BCUT2D eigenvalue weighted by atomic mass is 16.5. The van der Waals surface area contributed by atoms with Crippen molar-refractivity contribution in [2.24, 2.45) is 0 Å². The fourth-order valence-electron chi connectivity index (χ4n) is 1.55. The number of ether oxygens (including phenoxy) is 1. The largest absolute Gasteiger partial charge is 0.496 e. The molecular formula is C13H21NO2. The van der Waals surface area contributed by atoms with Crippen LogP contribution in [-0.2, 0) is 6.54 Å². The second-order valence-electron chi connectivity index (χ2n) is 4.73. The predicted molar refractivity (Wildman–Crippen MR) is 65.7 cm³/mol. The summed E-state index contributed by atoms with van der Waals surface area (Å²) in [5.41, 5.74) is 1.64. The van der Waals surface area contributed by atoms with Crippen molar-refractivity contribution in [2.75, 3.05) is 13.7 Å². The lowest BCUT2D eigenvalue weighted by molar-refractivity contribution is 0.0794. The maximum atomic E-state index is 9.58. The van der Waals surface area contributed by atoms with Crippen LogP contribution in [0.3, 0.4) is 0 Å². The van der Waals surface area contributed by atoms with Crippen LogP contribution < -0.4 is 10.1 Å². The van der Waals surface area contributed by atoms with Crippen LogP contribution in [0, 0.1) is 6.92 Å². The van der Waals surface area contributed by atoms with E-state index in [9.17, 15) is 5.11 Å². The first kappa shape index (κ1) is 13.0. The Balaban J connectivity index is 2.62. The molecule has 16 heavy (non-hydrogen) atoms. The van der Waals surface area contributed by atoms with Crippen molar-refractivity contribution in [1.82, 2.24) is 5.32 Å². The van der Waals surface area contributed by atoms with Gasteiger partial charge in [0.25, 0.3) is 0 Å². The molecule has 1 aromatic carbocycles. The summed E-state index contributed by atoms with van der Waals surface area (Å²) in [6.45, 7) is 6.89. The normalized spacial score (nSPS) is 11.6. The first-order chi connectivity index (χ1) is 7.42. The van der Waals surface area contributed by atoms with E-state index in [0.29, 0.717) is 13.1 Å². The zero-order valence-corrected chi connectivity index (χ0v) is 10.5. The average Bonchev–Trinajstić information content (AvgIpc) is 2.16. The third kappa shape index (κ3) is 4.21. The number of rotatable bonds is 5. The Morgan fingerprint density at radius 2 is 2.06 bits per heavy atom. The molecule has 0 atom stereocenters. The Morgan fingerprint density at radius 3 is 2.62 bits per heavy atom. The number of hydrogen-bond acceptors (Lipinski definition) is 3. The number of aryl methyl sites for hydroxylation is 1. The molecule has 0 bridgehead atoms. The standard InChI is InChI=1S/C13H21NO2/c1-10-5-6-12(16-4)11(7-10)8-14-9-13(2,3)15/h5-7,14-15H,8-9H2,1-4H3. The predicted octanol–water partition coefficient (Wildman–Crippen LogP) is 1.86. The number of hydrogen-bond donors (Lipinski definition) is 2. The van der Waals surface area contributed by atoms with Gasteiger partial charge in [-0.25, -0.2) is 0 Å². The molecule has 0 amide bonds. The lowest BCUT2D eigenvalue weighted by atomic mass is 10.1. The van der Waals surface area contributed by atoms with Gasteiger partial charge in [-0.3, -0.25) is 0 Å². The highest BCUT2D eigenvalue weighted by molar-refractivity contribution is 5.36.